The number of piperazine rings is 1. The van der Waals surface area contributed by atoms with Crippen molar-refractivity contribution in [3.63, 3.8) is 0 Å². The van der Waals surface area contributed by atoms with Gasteiger partial charge in [0.2, 0.25) is 10.0 Å². The molecule has 4 aromatic rings. The first-order valence-corrected chi connectivity index (χ1v) is 15.2. The molecule has 3 heterocycles. The number of nitrogens with two attached hydrogens (primary N) is 1. The van der Waals surface area contributed by atoms with Crippen LogP contribution in [-0.4, -0.2) is 66.1 Å². The van der Waals surface area contributed by atoms with Crippen LogP contribution < -0.4 is 14.8 Å². The first kappa shape index (κ1) is 30.1. The van der Waals surface area contributed by atoms with E-state index >= 15 is 0 Å². The molecular formula is C30H33FN6O5S. The standard InChI is InChI=1S/C30H33FN6O5S/c1-19-11-22(27(25(31)12-19)43(32,39)40)17-41-23-13-21(15-33-16-23)20-5-6-26-24(14-20)28(35-18-34-26)36-7-9-37(10-8-36)29(38)42-30(2,3)4/h5-6,11-16,18H,7-10,17H2,1-4H3,(H2,32,39,40). The van der Waals surface area contributed by atoms with Crippen LogP contribution in [0.3, 0.4) is 0 Å². The summed E-state index contributed by atoms with van der Waals surface area (Å²) >= 11 is 0. The van der Waals surface area contributed by atoms with Gasteiger partial charge >= 0.3 is 6.09 Å². The van der Waals surface area contributed by atoms with Crippen LogP contribution in [0.2, 0.25) is 0 Å². The number of aromatic nitrogens is 3. The number of sulfonamides is 1. The molecule has 1 saturated heterocycles. The molecule has 0 unspecified atom stereocenters. The number of carbonyl (C=O) groups is 1. The fourth-order valence-electron chi connectivity index (χ4n) is 4.95. The molecule has 11 nitrogen and oxygen atoms in total. The van der Waals surface area contributed by atoms with Crippen molar-refractivity contribution < 1.29 is 27.1 Å². The third-order valence-corrected chi connectivity index (χ3v) is 7.86. The Hall–Kier alpha value is -4.36. The minimum absolute atomic E-state index is 0.115. The Kier molecular flexibility index (Phi) is 8.21. The number of fused-ring (bicyclic) bond motifs is 1. The summed E-state index contributed by atoms with van der Waals surface area (Å²) in [5, 5.41) is 6.10. The zero-order valence-corrected chi connectivity index (χ0v) is 25.2. The van der Waals surface area contributed by atoms with E-state index in [4.69, 9.17) is 14.6 Å². The molecule has 1 fully saturated rings. The number of benzene rings is 2. The lowest BCUT2D eigenvalue weighted by atomic mass is 10.0. The van der Waals surface area contributed by atoms with Crippen LogP contribution in [0.5, 0.6) is 5.75 Å². The van der Waals surface area contributed by atoms with Crippen molar-refractivity contribution in [2.75, 3.05) is 31.1 Å². The van der Waals surface area contributed by atoms with E-state index in [2.05, 4.69) is 19.9 Å². The molecule has 2 aromatic heterocycles. The monoisotopic (exact) mass is 608 g/mol. The van der Waals surface area contributed by atoms with Gasteiger partial charge in [-0.1, -0.05) is 12.1 Å². The van der Waals surface area contributed by atoms with Crippen LogP contribution in [0.15, 0.2) is 60.0 Å². The van der Waals surface area contributed by atoms with E-state index in [1.54, 1.807) is 24.1 Å². The average molecular weight is 609 g/mol. The Morgan fingerprint density at radius 3 is 2.47 bits per heavy atom. The van der Waals surface area contributed by atoms with Crippen molar-refractivity contribution in [3.05, 3.63) is 72.1 Å². The zero-order valence-electron chi connectivity index (χ0n) is 24.4. The highest BCUT2D eigenvalue weighted by Crippen LogP contribution is 2.31. The molecule has 226 valence electrons. The SMILES string of the molecule is Cc1cc(F)c(S(N)(=O)=O)c(COc2cncc(-c3ccc4ncnc(N5CCN(C(=O)OC(C)(C)C)CC5)c4c3)c2)c1. The van der Waals surface area contributed by atoms with E-state index in [9.17, 15) is 17.6 Å². The van der Waals surface area contributed by atoms with Gasteiger partial charge in [0, 0.05) is 48.9 Å². The van der Waals surface area contributed by atoms with Gasteiger partial charge in [0.25, 0.3) is 0 Å². The summed E-state index contributed by atoms with van der Waals surface area (Å²) < 4.78 is 49.8. The molecule has 43 heavy (non-hydrogen) atoms. The largest absolute Gasteiger partial charge is 0.487 e. The Balaban J connectivity index is 1.36. The maximum atomic E-state index is 14.5. The summed E-state index contributed by atoms with van der Waals surface area (Å²) in [6.45, 7) is 9.14. The van der Waals surface area contributed by atoms with Gasteiger partial charge in [-0.15, -0.1) is 0 Å². The van der Waals surface area contributed by atoms with Crippen LogP contribution in [0.4, 0.5) is 15.0 Å². The highest BCUT2D eigenvalue weighted by molar-refractivity contribution is 7.89. The quantitative estimate of drug-likeness (QED) is 0.337. The van der Waals surface area contributed by atoms with Crippen molar-refractivity contribution in [2.24, 2.45) is 5.14 Å². The zero-order chi connectivity index (χ0) is 30.9. The second-order valence-electron chi connectivity index (χ2n) is 11.4. The minimum atomic E-state index is -4.30. The highest BCUT2D eigenvalue weighted by atomic mass is 32.2. The summed E-state index contributed by atoms with van der Waals surface area (Å²) in [7, 11) is -4.30. The van der Waals surface area contributed by atoms with E-state index < -0.39 is 26.3 Å². The number of rotatable bonds is 6. The van der Waals surface area contributed by atoms with Gasteiger partial charge in [-0.2, -0.15) is 0 Å². The molecule has 2 N–H and O–H groups in total. The van der Waals surface area contributed by atoms with Gasteiger partial charge in [0.1, 0.15) is 40.8 Å². The number of nitrogens with zero attached hydrogens (tertiary/aromatic N) is 5. The van der Waals surface area contributed by atoms with Crippen LogP contribution in [0, 0.1) is 12.7 Å². The molecule has 0 bridgehead atoms. The summed E-state index contributed by atoms with van der Waals surface area (Å²) in [6, 6.07) is 10.2. The molecule has 1 amide bonds. The fraction of sp³-hybridized carbons (Fsp3) is 0.333. The van der Waals surface area contributed by atoms with Crippen LogP contribution >= 0.6 is 0 Å². The van der Waals surface area contributed by atoms with E-state index in [0.717, 1.165) is 33.9 Å². The number of pyridine rings is 1. The number of amides is 1. The fourth-order valence-corrected chi connectivity index (χ4v) is 5.76. The van der Waals surface area contributed by atoms with Crippen molar-refractivity contribution in [2.45, 2.75) is 44.8 Å². The summed E-state index contributed by atoms with van der Waals surface area (Å²) in [5.74, 6) is 0.198. The molecule has 0 radical (unpaired) electrons. The predicted octanol–water partition coefficient (Wildman–Crippen LogP) is 4.42. The van der Waals surface area contributed by atoms with E-state index in [-0.39, 0.29) is 18.3 Å². The summed E-state index contributed by atoms with van der Waals surface area (Å²) in [6.07, 6.45) is 4.37. The molecule has 0 spiro atoms. The number of halogens is 1. The number of hydrogen-bond donors (Lipinski definition) is 1. The van der Waals surface area contributed by atoms with Gasteiger partial charge in [-0.05, 0) is 63.1 Å². The van der Waals surface area contributed by atoms with Gasteiger partial charge in [0.05, 0.1) is 11.7 Å². The van der Waals surface area contributed by atoms with Crippen LogP contribution in [-0.2, 0) is 21.4 Å². The third kappa shape index (κ3) is 7.00. The molecule has 0 atom stereocenters. The lowest BCUT2D eigenvalue weighted by Crippen LogP contribution is -2.50. The van der Waals surface area contributed by atoms with E-state index in [1.165, 1.54) is 18.6 Å². The third-order valence-electron chi connectivity index (χ3n) is 6.84. The van der Waals surface area contributed by atoms with Gasteiger partial charge in [0.15, 0.2) is 0 Å². The molecule has 13 heteroatoms. The molecule has 1 aliphatic heterocycles. The van der Waals surface area contributed by atoms with Gasteiger partial charge in [-0.25, -0.2) is 32.7 Å². The number of hydrogen-bond acceptors (Lipinski definition) is 9. The van der Waals surface area contributed by atoms with E-state index in [0.29, 0.717) is 37.5 Å². The van der Waals surface area contributed by atoms with Gasteiger partial charge in [-0.3, -0.25) is 4.98 Å². The Labute approximate surface area is 249 Å². The number of primary sulfonamides is 1. The molecular weight excluding hydrogens is 575 g/mol. The lowest BCUT2D eigenvalue weighted by Gasteiger charge is -2.36. The molecule has 0 aliphatic carbocycles. The number of ether oxygens (including phenoxy) is 2. The van der Waals surface area contributed by atoms with Crippen LogP contribution in [0.1, 0.15) is 31.9 Å². The minimum Gasteiger partial charge on any atom is -0.487 e. The van der Waals surface area contributed by atoms with E-state index in [1.807, 2.05) is 39.0 Å². The second kappa shape index (κ2) is 11.7. The van der Waals surface area contributed by atoms with Crippen molar-refractivity contribution in [3.8, 4) is 16.9 Å². The highest BCUT2D eigenvalue weighted by Gasteiger charge is 2.27. The van der Waals surface area contributed by atoms with Crippen molar-refractivity contribution in [1.29, 1.82) is 0 Å². The Bertz CT molecular complexity index is 1790. The molecule has 2 aromatic carbocycles. The predicted molar refractivity (Wildman–Crippen MR) is 160 cm³/mol. The number of anilines is 1. The first-order chi connectivity index (χ1) is 20.3. The molecule has 1 aliphatic rings. The smallest absolute Gasteiger partial charge is 0.410 e. The average Bonchev–Trinajstić information content (AvgIpc) is 2.94. The number of aryl methyl sites for hydroxylation is 1. The Morgan fingerprint density at radius 2 is 1.77 bits per heavy atom. The first-order valence-electron chi connectivity index (χ1n) is 13.7. The summed E-state index contributed by atoms with van der Waals surface area (Å²) in [4.78, 5) is 29.0. The summed E-state index contributed by atoms with van der Waals surface area (Å²) in [5.41, 5.74) is 2.44. The molecule has 0 saturated carbocycles. The topological polar surface area (TPSA) is 141 Å². The normalized spacial score (nSPS) is 14.2. The molecule has 5 rings (SSSR count). The van der Waals surface area contributed by atoms with Crippen LogP contribution in [0.25, 0.3) is 22.0 Å². The van der Waals surface area contributed by atoms with Crippen molar-refractivity contribution in [1.82, 2.24) is 19.9 Å². The second-order valence-corrected chi connectivity index (χ2v) is 12.9. The number of carbonyl (C=O) groups excluding carboxylic acids is 1. The lowest BCUT2D eigenvalue weighted by molar-refractivity contribution is 0.0240. The Morgan fingerprint density at radius 1 is 1.02 bits per heavy atom. The maximum Gasteiger partial charge on any atom is 0.410 e. The van der Waals surface area contributed by atoms with Gasteiger partial charge < -0.3 is 19.3 Å². The van der Waals surface area contributed by atoms with Crippen molar-refractivity contribution >= 4 is 32.8 Å². The maximum absolute atomic E-state index is 14.5.